The molecule has 2 N–H and O–H groups in total. The zero-order chi connectivity index (χ0) is 14.3. The van der Waals surface area contributed by atoms with Crippen molar-refractivity contribution in [1.82, 2.24) is 9.55 Å². The number of nitrogens with zero attached hydrogens (tertiary/aromatic N) is 4. The summed E-state index contributed by atoms with van der Waals surface area (Å²) in [5, 5.41) is 13.1. The number of rotatable bonds is 3. The fourth-order valence-electron chi connectivity index (χ4n) is 2.61. The second-order valence-corrected chi connectivity index (χ2v) is 4.67. The maximum Gasteiger partial charge on any atom is 0.330 e. The topological polar surface area (TPSA) is 142 Å². The van der Waals surface area contributed by atoms with Crippen molar-refractivity contribution < 1.29 is 14.6 Å². The van der Waals surface area contributed by atoms with E-state index < -0.39 is 41.8 Å². The molecular formula is C10H11N5O5. The highest BCUT2D eigenvalue weighted by Gasteiger charge is 2.61. The first-order chi connectivity index (χ1) is 9.61. The number of aliphatic hydroxyl groups excluding tert-OH is 1. The van der Waals surface area contributed by atoms with Crippen LogP contribution in [0.15, 0.2) is 27.0 Å². The highest BCUT2D eigenvalue weighted by Crippen LogP contribution is 2.45. The van der Waals surface area contributed by atoms with E-state index in [2.05, 4.69) is 15.0 Å². The molecule has 0 spiro atoms. The number of ether oxygens (including phenoxy) is 2. The molecule has 0 unspecified atom stereocenters. The summed E-state index contributed by atoms with van der Waals surface area (Å²) in [7, 11) is 0. The molecule has 2 aliphatic rings. The van der Waals surface area contributed by atoms with Gasteiger partial charge in [0.1, 0.15) is 17.7 Å². The van der Waals surface area contributed by atoms with Crippen molar-refractivity contribution in [3.05, 3.63) is 43.5 Å². The lowest BCUT2D eigenvalue weighted by Crippen LogP contribution is -2.44. The summed E-state index contributed by atoms with van der Waals surface area (Å²) in [6, 6.07) is 0.437. The molecule has 106 valence electrons. The predicted molar refractivity (Wildman–Crippen MR) is 63.9 cm³/mol. The minimum absolute atomic E-state index is 0.0759. The Morgan fingerprint density at radius 3 is 3.10 bits per heavy atom. The molecule has 2 aliphatic heterocycles. The van der Waals surface area contributed by atoms with Crippen LogP contribution in [0.3, 0.4) is 0 Å². The van der Waals surface area contributed by atoms with Crippen molar-refractivity contribution in [3.63, 3.8) is 0 Å². The van der Waals surface area contributed by atoms with Gasteiger partial charge in [-0.1, -0.05) is 5.11 Å². The van der Waals surface area contributed by atoms with Gasteiger partial charge >= 0.3 is 5.69 Å². The molecule has 4 atom stereocenters. The summed E-state index contributed by atoms with van der Waals surface area (Å²) < 4.78 is 12.3. The summed E-state index contributed by atoms with van der Waals surface area (Å²) in [6.45, 7) is -0.325. The van der Waals surface area contributed by atoms with Crippen LogP contribution in [-0.4, -0.2) is 45.6 Å². The zero-order valence-corrected chi connectivity index (χ0v) is 10.2. The minimum atomic E-state index is -1.16. The Morgan fingerprint density at radius 2 is 2.45 bits per heavy atom. The molecule has 1 aromatic rings. The van der Waals surface area contributed by atoms with E-state index in [1.54, 1.807) is 0 Å². The Hall–Kier alpha value is -2.13. The van der Waals surface area contributed by atoms with Crippen molar-refractivity contribution in [1.29, 1.82) is 0 Å². The Balaban J connectivity index is 2.04. The summed E-state index contributed by atoms with van der Waals surface area (Å²) in [5.74, 6) is 0. The van der Waals surface area contributed by atoms with Gasteiger partial charge in [0.05, 0.1) is 13.2 Å². The van der Waals surface area contributed by atoms with Crippen LogP contribution in [0.2, 0.25) is 0 Å². The highest BCUT2D eigenvalue weighted by atomic mass is 16.6. The maximum atomic E-state index is 11.8. The average Bonchev–Trinajstić information content (AvgIpc) is 2.92. The minimum Gasteiger partial charge on any atom is -0.393 e. The summed E-state index contributed by atoms with van der Waals surface area (Å²) in [6.07, 6.45) is -0.286. The van der Waals surface area contributed by atoms with E-state index in [9.17, 15) is 14.7 Å². The Labute approximate surface area is 111 Å². The molecule has 10 nitrogen and oxygen atoms in total. The van der Waals surface area contributed by atoms with Crippen LogP contribution in [0.1, 0.15) is 6.23 Å². The van der Waals surface area contributed by atoms with Crippen molar-refractivity contribution in [2.75, 3.05) is 13.2 Å². The lowest BCUT2D eigenvalue weighted by molar-refractivity contribution is -0.185. The van der Waals surface area contributed by atoms with E-state index in [0.717, 1.165) is 4.57 Å². The van der Waals surface area contributed by atoms with Gasteiger partial charge in [-0.3, -0.25) is 14.3 Å². The molecular weight excluding hydrogens is 270 g/mol. The van der Waals surface area contributed by atoms with Crippen LogP contribution >= 0.6 is 0 Å². The van der Waals surface area contributed by atoms with Crippen molar-refractivity contribution in [2.24, 2.45) is 5.11 Å². The molecule has 2 bridgehead atoms. The quantitative estimate of drug-likeness (QED) is 0.409. The number of H-pyrrole nitrogens is 1. The standard InChI is InChI=1S/C10H11N5O5/c11-14-13-7-6-8(20-10(7,3-16)4-19-6)15-2-1-5(17)12-9(15)18/h1-2,6-8,16H,3-4H2,(H,12,17,18)/t6-,7-,8-,10+/m0/s1. The van der Waals surface area contributed by atoms with Crippen molar-refractivity contribution in [3.8, 4) is 0 Å². The second-order valence-electron chi connectivity index (χ2n) is 4.67. The first kappa shape index (κ1) is 12.9. The Morgan fingerprint density at radius 1 is 1.65 bits per heavy atom. The molecule has 2 fully saturated rings. The van der Waals surface area contributed by atoms with E-state index in [-0.39, 0.29) is 6.61 Å². The van der Waals surface area contributed by atoms with Gasteiger partial charge in [-0.2, -0.15) is 0 Å². The van der Waals surface area contributed by atoms with Crippen LogP contribution in [0.5, 0.6) is 0 Å². The third-order valence-corrected chi connectivity index (χ3v) is 3.58. The molecule has 2 saturated heterocycles. The van der Waals surface area contributed by atoms with Crippen molar-refractivity contribution >= 4 is 0 Å². The van der Waals surface area contributed by atoms with Gasteiger partial charge in [0, 0.05) is 17.2 Å². The second kappa shape index (κ2) is 4.46. The van der Waals surface area contributed by atoms with Crippen LogP contribution in [0, 0.1) is 0 Å². The third kappa shape index (κ3) is 1.67. The molecule has 0 aliphatic carbocycles. The summed E-state index contributed by atoms with van der Waals surface area (Å²) in [4.78, 5) is 27.6. The molecule has 0 aromatic carbocycles. The normalized spacial score (nSPS) is 35.0. The molecule has 0 amide bonds. The first-order valence-electron chi connectivity index (χ1n) is 5.87. The monoisotopic (exact) mass is 281 g/mol. The number of aliphatic hydroxyl groups is 1. The smallest absolute Gasteiger partial charge is 0.330 e. The Kier molecular flexibility index (Phi) is 2.87. The lowest BCUT2D eigenvalue weighted by atomic mass is 9.98. The van der Waals surface area contributed by atoms with Gasteiger partial charge in [0.15, 0.2) is 6.23 Å². The number of azide groups is 1. The van der Waals surface area contributed by atoms with Gasteiger partial charge in [-0.15, -0.1) is 0 Å². The van der Waals surface area contributed by atoms with Gasteiger partial charge in [0.25, 0.3) is 5.56 Å². The van der Waals surface area contributed by atoms with Gasteiger partial charge in [-0.25, -0.2) is 4.79 Å². The molecule has 1 aromatic heterocycles. The zero-order valence-electron chi connectivity index (χ0n) is 10.2. The number of aromatic amines is 1. The van der Waals surface area contributed by atoms with E-state index in [0.29, 0.717) is 0 Å². The number of hydrogen-bond donors (Lipinski definition) is 2. The summed E-state index contributed by atoms with van der Waals surface area (Å²) >= 11 is 0. The molecule has 3 rings (SSSR count). The van der Waals surface area contributed by atoms with E-state index >= 15 is 0 Å². The summed E-state index contributed by atoms with van der Waals surface area (Å²) in [5.41, 5.74) is 6.25. The first-order valence-corrected chi connectivity index (χ1v) is 5.87. The fourth-order valence-corrected chi connectivity index (χ4v) is 2.61. The third-order valence-electron chi connectivity index (χ3n) is 3.58. The SMILES string of the molecule is [N-]=[N+]=N[C@H]1[C@@H]2OC[C@@]1(CO)O[C@@H]2n1ccc(=O)[nH]c1=O. The molecule has 0 saturated carbocycles. The van der Waals surface area contributed by atoms with Crippen LogP contribution < -0.4 is 11.2 Å². The van der Waals surface area contributed by atoms with Gasteiger partial charge in [-0.05, 0) is 5.53 Å². The maximum absolute atomic E-state index is 11.8. The number of hydrogen-bond acceptors (Lipinski definition) is 6. The predicted octanol–water partition coefficient (Wildman–Crippen LogP) is -1.13. The van der Waals surface area contributed by atoms with Crippen LogP contribution in [-0.2, 0) is 9.47 Å². The van der Waals surface area contributed by atoms with Gasteiger partial charge in [0.2, 0.25) is 0 Å². The van der Waals surface area contributed by atoms with E-state index in [4.69, 9.17) is 15.0 Å². The molecule has 0 radical (unpaired) electrons. The molecule has 10 heteroatoms. The largest absolute Gasteiger partial charge is 0.393 e. The fraction of sp³-hybridized carbons (Fsp3) is 0.600. The van der Waals surface area contributed by atoms with Crippen molar-refractivity contribution in [2.45, 2.75) is 24.0 Å². The highest BCUT2D eigenvalue weighted by molar-refractivity contribution is 5.11. The Bertz CT molecular complexity index is 692. The number of nitrogens with one attached hydrogen (secondary N) is 1. The van der Waals surface area contributed by atoms with Crippen LogP contribution in [0.4, 0.5) is 0 Å². The van der Waals surface area contributed by atoms with Gasteiger partial charge < -0.3 is 14.6 Å². The molecule has 3 heterocycles. The molecule has 20 heavy (non-hydrogen) atoms. The number of fused-ring (bicyclic) bond motifs is 2. The van der Waals surface area contributed by atoms with E-state index in [1.807, 2.05) is 0 Å². The average molecular weight is 281 g/mol. The number of aromatic nitrogens is 2. The van der Waals surface area contributed by atoms with E-state index in [1.165, 1.54) is 12.3 Å². The lowest BCUT2D eigenvalue weighted by Gasteiger charge is -2.29. The van der Waals surface area contributed by atoms with Crippen LogP contribution in [0.25, 0.3) is 10.4 Å².